The van der Waals surface area contributed by atoms with Crippen molar-refractivity contribution in [2.45, 2.75) is 6.36 Å². The fourth-order valence-electron chi connectivity index (χ4n) is 1.72. The summed E-state index contributed by atoms with van der Waals surface area (Å²) in [6, 6.07) is 8.09. The first-order valence-electron chi connectivity index (χ1n) is 6.01. The molecule has 8 heteroatoms. The average molecular weight is 312 g/mol. The summed E-state index contributed by atoms with van der Waals surface area (Å²) in [7, 11) is 1.19. The predicted octanol–water partition coefficient (Wildman–Crippen LogP) is 3.02. The molecule has 0 bridgehead atoms. The molecule has 5 nitrogen and oxygen atoms in total. The highest BCUT2D eigenvalue weighted by atomic mass is 19.4. The Hall–Kier alpha value is -2.77. The minimum atomic E-state index is -4.75. The zero-order valence-electron chi connectivity index (χ0n) is 11.3. The van der Waals surface area contributed by atoms with Crippen LogP contribution in [0.4, 0.5) is 18.9 Å². The van der Waals surface area contributed by atoms with Crippen LogP contribution in [0.5, 0.6) is 5.75 Å². The van der Waals surface area contributed by atoms with Crippen LogP contribution in [0.3, 0.4) is 0 Å². The number of rotatable bonds is 3. The van der Waals surface area contributed by atoms with Crippen molar-refractivity contribution in [3.63, 3.8) is 0 Å². The van der Waals surface area contributed by atoms with E-state index in [4.69, 9.17) is 5.73 Å². The van der Waals surface area contributed by atoms with E-state index in [0.29, 0.717) is 11.3 Å². The lowest BCUT2D eigenvalue weighted by Crippen LogP contribution is -2.16. The fourth-order valence-corrected chi connectivity index (χ4v) is 1.72. The maximum atomic E-state index is 12.1. The van der Waals surface area contributed by atoms with Crippen molar-refractivity contribution in [1.29, 1.82) is 0 Å². The first kappa shape index (κ1) is 15.6. The summed E-state index contributed by atoms with van der Waals surface area (Å²) < 4.78 is 44.6. The number of carbonyl (C=O) groups excluding carboxylic acids is 1. The molecule has 2 aromatic rings. The molecule has 1 heterocycles. The van der Waals surface area contributed by atoms with E-state index in [-0.39, 0.29) is 17.1 Å². The highest BCUT2D eigenvalue weighted by Crippen LogP contribution is 2.26. The Balaban J connectivity index is 2.31. The van der Waals surface area contributed by atoms with Gasteiger partial charge < -0.3 is 15.2 Å². The summed E-state index contributed by atoms with van der Waals surface area (Å²) in [6.45, 7) is 0. The molecular weight excluding hydrogens is 301 g/mol. The lowest BCUT2D eigenvalue weighted by molar-refractivity contribution is -0.274. The van der Waals surface area contributed by atoms with E-state index in [1.807, 2.05) is 0 Å². The first-order valence-corrected chi connectivity index (χ1v) is 6.01. The number of esters is 1. The van der Waals surface area contributed by atoms with Crippen molar-refractivity contribution in [2.24, 2.45) is 0 Å². The van der Waals surface area contributed by atoms with Crippen LogP contribution in [0, 0.1) is 0 Å². The number of ether oxygens (including phenoxy) is 2. The second-order valence-corrected chi connectivity index (χ2v) is 4.20. The van der Waals surface area contributed by atoms with Gasteiger partial charge in [-0.2, -0.15) is 0 Å². The van der Waals surface area contributed by atoms with E-state index >= 15 is 0 Å². The fraction of sp³-hybridized carbons (Fsp3) is 0.143. The van der Waals surface area contributed by atoms with Crippen LogP contribution in [0.25, 0.3) is 11.3 Å². The van der Waals surface area contributed by atoms with Crippen molar-refractivity contribution in [3.8, 4) is 17.0 Å². The summed E-state index contributed by atoms with van der Waals surface area (Å²) in [6.07, 6.45) is -4.75. The SMILES string of the molecule is COC(=O)c1nc(-c2ccc(OC(F)(F)F)cc2)ccc1N. The summed E-state index contributed by atoms with van der Waals surface area (Å²) >= 11 is 0. The van der Waals surface area contributed by atoms with Gasteiger partial charge in [0.25, 0.3) is 0 Å². The zero-order chi connectivity index (χ0) is 16.3. The molecule has 0 unspecified atom stereocenters. The molecule has 0 aliphatic rings. The molecule has 22 heavy (non-hydrogen) atoms. The zero-order valence-corrected chi connectivity index (χ0v) is 11.3. The van der Waals surface area contributed by atoms with Crippen LogP contribution < -0.4 is 10.5 Å². The lowest BCUT2D eigenvalue weighted by atomic mass is 10.1. The van der Waals surface area contributed by atoms with Crippen molar-refractivity contribution in [1.82, 2.24) is 4.98 Å². The van der Waals surface area contributed by atoms with Crippen LogP contribution >= 0.6 is 0 Å². The predicted molar refractivity (Wildman–Crippen MR) is 72.1 cm³/mol. The number of anilines is 1. The number of pyridine rings is 1. The van der Waals surface area contributed by atoms with Gasteiger partial charge >= 0.3 is 12.3 Å². The standard InChI is InChI=1S/C14H11F3N2O3/c1-21-13(20)12-10(18)6-7-11(19-12)8-2-4-9(5-3-8)22-14(15,16)17/h2-7H,18H2,1H3. The molecule has 2 N–H and O–H groups in total. The second-order valence-electron chi connectivity index (χ2n) is 4.20. The Morgan fingerprint density at radius 3 is 2.32 bits per heavy atom. The Morgan fingerprint density at radius 2 is 1.77 bits per heavy atom. The molecule has 0 amide bonds. The normalized spacial score (nSPS) is 11.1. The number of nitrogens with two attached hydrogens (primary N) is 1. The van der Waals surface area contributed by atoms with Gasteiger partial charge in [-0.25, -0.2) is 9.78 Å². The molecule has 0 saturated carbocycles. The number of methoxy groups -OCH3 is 1. The topological polar surface area (TPSA) is 74.4 Å². The molecule has 0 fully saturated rings. The highest BCUT2D eigenvalue weighted by molar-refractivity contribution is 5.93. The van der Waals surface area contributed by atoms with Gasteiger partial charge in [0.2, 0.25) is 0 Å². The van der Waals surface area contributed by atoms with Crippen LogP contribution in [-0.2, 0) is 4.74 Å². The van der Waals surface area contributed by atoms with E-state index in [1.54, 1.807) is 6.07 Å². The molecule has 2 rings (SSSR count). The number of hydrogen-bond donors (Lipinski definition) is 1. The Morgan fingerprint density at radius 1 is 1.14 bits per heavy atom. The lowest BCUT2D eigenvalue weighted by Gasteiger charge is -2.10. The minimum Gasteiger partial charge on any atom is -0.464 e. The molecule has 0 saturated heterocycles. The van der Waals surface area contributed by atoms with Gasteiger partial charge in [-0.3, -0.25) is 0 Å². The van der Waals surface area contributed by atoms with Crippen LogP contribution in [-0.4, -0.2) is 24.4 Å². The van der Waals surface area contributed by atoms with Crippen LogP contribution in [0.15, 0.2) is 36.4 Å². The Labute approximate surface area is 123 Å². The third-order valence-corrected chi connectivity index (χ3v) is 2.69. The molecule has 0 aliphatic heterocycles. The molecule has 0 aliphatic carbocycles. The molecule has 116 valence electrons. The van der Waals surface area contributed by atoms with Gasteiger partial charge in [0.15, 0.2) is 5.69 Å². The number of nitrogen functional groups attached to an aromatic ring is 1. The smallest absolute Gasteiger partial charge is 0.464 e. The van der Waals surface area contributed by atoms with Crippen molar-refractivity contribution in [3.05, 3.63) is 42.1 Å². The maximum Gasteiger partial charge on any atom is 0.573 e. The average Bonchev–Trinajstić information content (AvgIpc) is 2.46. The van der Waals surface area contributed by atoms with Gasteiger partial charge in [-0.15, -0.1) is 13.2 Å². The molecule has 0 atom stereocenters. The van der Waals surface area contributed by atoms with Crippen molar-refractivity contribution >= 4 is 11.7 Å². The second kappa shape index (κ2) is 5.92. The van der Waals surface area contributed by atoms with Gasteiger partial charge in [-0.1, -0.05) is 0 Å². The highest BCUT2D eigenvalue weighted by Gasteiger charge is 2.31. The molecule has 0 radical (unpaired) electrons. The van der Waals surface area contributed by atoms with E-state index in [1.165, 1.54) is 25.3 Å². The Kier molecular flexibility index (Phi) is 4.20. The monoisotopic (exact) mass is 312 g/mol. The largest absolute Gasteiger partial charge is 0.573 e. The minimum absolute atomic E-state index is 0.0596. The van der Waals surface area contributed by atoms with E-state index in [9.17, 15) is 18.0 Å². The van der Waals surface area contributed by atoms with Crippen molar-refractivity contribution in [2.75, 3.05) is 12.8 Å². The quantitative estimate of drug-likeness (QED) is 0.882. The van der Waals surface area contributed by atoms with Gasteiger partial charge in [0, 0.05) is 5.56 Å². The number of nitrogens with zero attached hydrogens (tertiary/aromatic N) is 1. The number of aromatic nitrogens is 1. The summed E-state index contributed by atoms with van der Waals surface area (Å²) in [5, 5.41) is 0. The third-order valence-electron chi connectivity index (χ3n) is 2.69. The van der Waals surface area contributed by atoms with Crippen LogP contribution in [0.1, 0.15) is 10.5 Å². The van der Waals surface area contributed by atoms with Gasteiger partial charge in [0.1, 0.15) is 5.75 Å². The molecular formula is C14H11F3N2O3. The van der Waals surface area contributed by atoms with E-state index < -0.39 is 12.3 Å². The summed E-state index contributed by atoms with van der Waals surface area (Å²) in [5.74, 6) is -1.05. The number of halogens is 3. The third kappa shape index (κ3) is 3.66. The number of benzene rings is 1. The van der Waals surface area contributed by atoms with E-state index in [0.717, 1.165) is 12.1 Å². The van der Waals surface area contributed by atoms with Gasteiger partial charge in [0.05, 0.1) is 18.5 Å². The molecule has 0 spiro atoms. The van der Waals surface area contributed by atoms with Gasteiger partial charge in [-0.05, 0) is 36.4 Å². The number of hydrogen-bond acceptors (Lipinski definition) is 5. The summed E-state index contributed by atoms with van der Waals surface area (Å²) in [4.78, 5) is 15.6. The maximum absolute atomic E-state index is 12.1. The molecule has 1 aromatic carbocycles. The Bertz CT molecular complexity index is 685. The van der Waals surface area contributed by atoms with E-state index in [2.05, 4.69) is 14.5 Å². The van der Waals surface area contributed by atoms with Crippen molar-refractivity contribution < 1.29 is 27.4 Å². The summed E-state index contributed by atoms with van der Waals surface area (Å²) in [5.41, 5.74) is 6.58. The number of alkyl halides is 3. The number of carbonyl (C=O) groups is 1. The first-order chi connectivity index (χ1) is 10.3. The van der Waals surface area contributed by atoms with Crippen LogP contribution in [0.2, 0.25) is 0 Å². The molecule has 1 aromatic heterocycles.